The quantitative estimate of drug-likeness (QED) is 0.331. The molecule has 1 aliphatic heterocycles. The zero-order chi connectivity index (χ0) is 26.5. The number of ether oxygens (including phenoxy) is 1. The van der Waals surface area contributed by atoms with E-state index in [2.05, 4.69) is 10.2 Å². The van der Waals surface area contributed by atoms with Gasteiger partial charge in [-0.2, -0.15) is 0 Å². The number of carbonyl (C=O) groups is 2. The smallest absolute Gasteiger partial charge is 0.254 e. The van der Waals surface area contributed by atoms with Crippen molar-refractivity contribution in [2.75, 3.05) is 32.5 Å². The van der Waals surface area contributed by atoms with E-state index in [1.165, 1.54) is 11.8 Å². The average Bonchev–Trinajstić information content (AvgIpc) is 3.40. The third-order valence-corrected chi connectivity index (χ3v) is 7.50. The van der Waals surface area contributed by atoms with Crippen LogP contribution in [-0.2, 0) is 4.79 Å². The molecule has 1 unspecified atom stereocenters. The fraction of sp³-hybridized carbons (Fsp3) is 0.241. The summed E-state index contributed by atoms with van der Waals surface area (Å²) in [6.07, 6.45) is 0. The number of piperazine rings is 1. The molecular formula is C29H29N5O3S. The van der Waals surface area contributed by atoms with Gasteiger partial charge in [0.2, 0.25) is 5.91 Å². The lowest BCUT2D eigenvalue weighted by atomic mass is 10.1. The number of nitrogens with zero attached hydrogens (tertiary/aromatic N) is 5. The van der Waals surface area contributed by atoms with E-state index in [1.54, 1.807) is 31.4 Å². The van der Waals surface area contributed by atoms with Gasteiger partial charge in [0.1, 0.15) is 5.75 Å². The summed E-state index contributed by atoms with van der Waals surface area (Å²) in [6, 6.07) is 26.8. The lowest BCUT2D eigenvalue weighted by molar-refractivity contribution is -0.130. The van der Waals surface area contributed by atoms with Gasteiger partial charge in [-0.15, -0.1) is 10.2 Å². The van der Waals surface area contributed by atoms with Crippen LogP contribution in [0.3, 0.4) is 0 Å². The highest BCUT2D eigenvalue weighted by Gasteiger charge is 2.30. The second-order valence-corrected chi connectivity index (χ2v) is 9.99. The Morgan fingerprint density at radius 3 is 2.26 bits per heavy atom. The molecule has 1 fully saturated rings. The van der Waals surface area contributed by atoms with Gasteiger partial charge in [0.05, 0.1) is 12.9 Å². The minimum Gasteiger partial charge on any atom is -0.497 e. The summed E-state index contributed by atoms with van der Waals surface area (Å²) in [5.41, 5.74) is 2.50. The van der Waals surface area contributed by atoms with Gasteiger partial charge in [0.25, 0.3) is 5.91 Å². The van der Waals surface area contributed by atoms with Crippen LogP contribution in [-0.4, -0.2) is 74.9 Å². The predicted octanol–water partition coefficient (Wildman–Crippen LogP) is 4.41. The number of hydrogen-bond donors (Lipinski definition) is 0. The Morgan fingerprint density at radius 1 is 0.921 bits per heavy atom. The Labute approximate surface area is 226 Å². The molecule has 9 heteroatoms. The standard InChI is InChI=1S/C29H29N5O3S/c1-21-19-32(17-18-33(21)28(36)23-13-15-25(37-2)16-14-23)26(35)20-38-29-31-30-27(22-9-5-3-6-10-22)34(29)24-11-7-4-8-12-24/h3-16,21H,17-20H2,1-2H3. The maximum atomic E-state index is 13.2. The Balaban J connectivity index is 1.25. The van der Waals surface area contributed by atoms with Crippen LogP contribution < -0.4 is 4.74 Å². The maximum absolute atomic E-state index is 13.2. The fourth-order valence-electron chi connectivity index (χ4n) is 4.55. The summed E-state index contributed by atoms with van der Waals surface area (Å²) in [5.74, 6) is 1.65. The van der Waals surface area contributed by atoms with Gasteiger partial charge in [-0.25, -0.2) is 0 Å². The van der Waals surface area contributed by atoms with Crippen molar-refractivity contribution in [3.8, 4) is 22.8 Å². The van der Waals surface area contributed by atoms with Crippen molar-refractivity contribution in [1.29, 1.82) is 0 Å². The molecule has 1 saturated heterocycles. The lowest BCUT2D eigenvalue weighted by Crippen LogP contribution is -2.55. The molecule has 0 radical (unpaired) electrons. The largest absolute Gasteiger partial charge is 0.497 e. The first-order valence-electron chi connectivity index (χ1n) is 12.5. The molecule has 3 aromatic carbocycles. The minimum absolute atomic E-state index is 0.0160. The van der Waals surface area contributed by atoms with Gasteiger partial charge in [0, 0.05) is 42.5 Å². The topological polar surface area (TPSA) is 80.6 Å². The van der Waals surface area contributed by atoms with Crippen LogP contribution >= 0.6 is 11.8 Å². The van der Waals surface area contributed by atoms with Crippen LogP contribution in [0.1, 0.15) is 17.3 Å². The third kappa shape index (κ3) is 5.43. The summed E-state index contributed by atoms with van der Waals surface area (Å²) in [5, 5.41) is 9.53. The number of amides is 2. The molecule has 0 saturated carbocycles. The Morgan fingerprint density at radius 2 is 1.61 bits per heavy atom. The van der Waals surface area contributed by atoms with Crippen LogP contribution in [0.25, 0.3) is 17.1 Å². The number of benzene rings is 3. The van der Waals surface area contributed by atoms with E-state index in [-0.39, 0.29) is 23.6 Å². The first kappa shape index (κ1) is 25.5. The number of para-hydroxylation sites is 1. The maximum Gasteiger partial charge on any atom is 0.254 e. The first-order valence-corrected chi connectivity index (χ1v) is 13.5. The number of thioether (sulfide) groups is 1. The van der Waals surface area contributed by atoms with Crippen LogP contribution in [0.2, 0.25) is 0 Å². The van der Waals surface area contributed by atoms with Crippen molar-refractivity contribution < 1.29 is 14.3 Å². The van der Waals surface area contributed by atoms with E-state index in [9.17, 15) is 9.59 Å². The molecule has 4 aromatic rings. The molecule has 2 heterocycles. The van der Waals surface area contributed by atoms with E-state index in [0.29, 0.717) is 36.1 Å². The zero-order valence-corrected chi connectivity index (χ0v) is 22.2. The molecule has 0 N–H and O–H groups in total. The van der Waals surface area contributed by atoms with Crippen LogP contribution in [0.15, 0.2) is 90.1 Å². The summed E-state index contributed by atoms with van der Waals surface area (Å²) in [7, 11) is 1.60. The van der Waals surface area contributed by atoms with E-state index >= 15 is 0 Å². The highest BCUT2D eigenvalue weighted by Crippen LogP contribution is 2.28. The fourth-order valence-corrected chi connectivity index (χ4v) is 5.40. The van der Waals surface area contributed by atoms with E-state index < -0.39 is 0 Å². The zero-order valence-electron chi connectivity index (χ0n) is 21.4. The molecule has 1 aliphatic rings. The summed E-state index contributed by atoms with van der Waals surface area (Å²) in [4.78, 5) is 29.9. The number of rotatable bonds is 7. The van der Waals surface area contributed by atoms with Gasteiger partial charge < -0.3 is 14.5 Å². The Hall–Kier alpha value is -4.11. The number of hydrogen-bond acceptors (Lipinski definition) is 6. The molecule has 1 aromatic heterocycles. The number of carbonyl (C=O) groups excluding carboxylic acids is 2. The van der Waals surface area contributed by atoms with E-state index in [4.69, 9.17) is 4.74 Å². The molecule has 0 spiro atoms. The monoisotopic (exact) mass is 527 g/mol. The highest BCUT2D eigenvalue weighted by atomic mass is 32.2. The van der Waals surface area contributed by atoms with E-state index in [1.807, 2.05) is 82.0 Å². The van der Waals surface area contributed by atoms with Gasteiger partial charge in [0.15, 0.2) is 11.0 Å². The Bertz CT molecular complexity index is 1390. The molecule has 194 valence electrons. The van der Waals surface area contributed by atoms with Gasteiger partial charge in [-0.3, -0.25) is 14.2 Å². The summed E-state index contributed by atoms with van der Waals surface area (Å²) < 4.78 is 7.17. The van der Waals surface area contributed by atoms with Gasteiger partial charge in [-0.1, -0.05) is 60.3 Å². The number of methoxy groups -OCH3 is 1. The predicted molar refractivity (Wildman–Crippen MR) is 148 cm³/mol. The van der Waals surface area contributed by atoms with Crippen LogP contribution in [0.4, 0.5) is 0 Å². The average molecular weight is 528 g/mol. The van der Waals surface area contributed by atoms with Crippen LogP contribution in [0, 0.1) is 0 Å². The van der Waals surface area contributed by atoms with Crippen molar-refractivity contribution in [2.45, 2.75) is 18.1 Å². The molecule has 2 amide bonds. The second kappa shape index (κ2) is 11.5. The van der Waals surface area contributed by atoms with Crippen LogP contribution in [0.5, 0.6) is 5.75 Å². The normalized spacial score (nSPS) is 15.4. The number of aromatic nitrogens is 3. The van der Waals surface area contributed by atoms with Gasteiger partial charge >= 0.3 is 0 Å². The molecule has 5 rings (SSSR count). The van der Waals surface area contributed by atoms with Crippen molar-refractivity contribution in [3.63, 3.8) is 0 Å². The van der Waals surface area contributed by atoms with Gasteiger partial charge in [-0.05, 0) is 43.3 Å². The molecule has 8 nitrogen and oxygen atoms in total. The summed E-state index contributed by atoms with van der Waals surface area (Å²) in [6.45, 7) is 3.45. The molecule has 0 bridgehead atoms. The second-order valence-electron chi connectivity index (χ2n) is 9.05. The Kier molecular flexibility index (Phi) is 7.74. The first-order chi connectivity index (χ1) is 18.5. The summed E-state index contributed by atoms with van der Waals surface area (Å²) >= 11 is 1.37. The lowest BCUT2D eigenvalue weighted by Gasteiger charge is -2.40. The molecule has 38 heavy (non-hydrogen) atoms. The minimum atomic E-state index is -0.0926. The SMILES string of the molecule is COc1ccc(C(=O)N2CCN(C(=O)CSc3nnc(-c4ccccc4)n3-c3ccccc3)CC2C)cc1. The molecule has 1 atom stereocenters. The van der Waals surface area contributed by atoms with Crippen molar-refractivity contribution >= 4 is 23.6 Å². The van der Waals surface area contributed by atoms with Crippen molar-refractivity contribution in [3.05, 3.63) is 90.5 Å². The highest BCUT2D eigenvalue weighted by molar-refractivity contribution is 7.99. The van der Waals surface area contributed by atoms with Crippen molar-refractivity contribution in [2.24, 2.45) is 0 Å². The molecular weight excluding hydrogens is 498 g/mol. The van der Waals surface area contributed by atoms with E-state index in [0.717, 1.165) is 17.1 Å². The molecule has 0 aliphatic carbocycles. The van der Waals surface area contributed by atoms with Crippen molar-refractivity contribution in [1.82, 2.24) is 24.6 Å². The third-order valence-electron chi connectivity index (χ3n) is 6.58.